The molecule has 0 spiro atoms. The van der Waals surface area contributed by atoms with Gasteiger partial charge in [0, 0.05) is 19.7 Å². The largest absolute Gasteiger partial charge is 0.493 e. The Labute approximate surface area is 178 Å². The van der Waals surface area contributed by atoms with Gasteiger partial charge in [0.05, 0.1) is 28.7 Å². The van der Waals surface area contributed by atoms with Gasteiger partial charge in [0.2, 0.25) is 0 Å². The van der Waals surface area contributed by atoms with Crippen LogP contribution in [0.2, 0.25) is 5.02 Å². The predicted molar refractivity (Wildman–Crippen MR) is 115 cm³/mol. The molecule has 0 N–H and O–H groups in total. The van der Waals surface area contributed by atoms with Crippen LogP contribution in [-0.4, -0.2) is 37.2 Å². The molecule has 0 unspecified atom stereocenters. The van der Waals surface area contributed by atoms with Crippen LogP contribution in [0.4, 0.5) is 0 Å². The molecule has 2 aromatic carbocycles. The Hall–Kier alpha value is -2.95. The minimum atomic E-state index is -0.126. The molecule has 6 nitrogen and oxygen atoms in total. The molecule has 29 heavy (non-hydrogen) atoms. The smallest absolute Gasteiger partial charge is 0.266 e. The van der Waals surface area contributed by atoms with E-state index in [-0.39, 0.29) is 12.5 Å². The fourth-order valence-corrected chi connectivity index (χ4v) is 3.97. The Morgan fingerprint density at radius 3 is 2.76 bits per heavy atom. The van der Waals surface area contributed by atoms with Crippen molar-refractivity contribution >= 4 is 40.5 Å². The van der Waals surface area contributed by atoms with Crippen molar-refractivity contribution in [3.05, 3.63) is 63.0 Å². The lowest BCUT2D eigenvalue weighted by molar-refractivity contribution is -0.121. The molecule has 0 bridgehead atoms. The average Bonchev–Trinajstić information content (AvgIpc) is 3.00. The van der Waals surface area contributed by atoms with Crippen molar-refractivity contribution in [3.8, 4) is 17.6 Å². The number of likely N-dealkylation sites (N-methyl/N-ethyl adjacent to an activating group) is 1. The summed E-state index contributed by atoms with van der Waals surface area (Å²) in [4.78, 5) is 18.5. The van der Waals surface area contributed by atoms with Crippen LogP contribution in [-0.2, 0) is 11.4 Å². The van der Waals surface area contributed by atoms with E-state index < -0.39 is 0 Å². The first-order valence-corrected chi connectivity index (χ1v) is 9.80. The van der Waals surface area contributed by atoms with Crippen molar-refractivity contribution in [3.63, 3.8) is 0 Å². The van der Waals surface area contributed by atoms with E-state index in [0.717, 1.165) is 5.56 Å². The second-order valence-electron chi connectivity index (χ2n) is 6.07. The van der Waals surface area contributed by atoms with E-state index in [1.165, 1.54) is 23.8 Å². The van der Waals surface area contributed by atoms with Crippen LogP contribution in [0.25, 0.3) is 6.08 Å². The zero-order valence-corrected chi connectivity index (χ0v) is 17.7. The molecule has 1 fully saturated rings. The van der Waals surface area contributed by atoms with E-state index in [9.17, 15) is 10.1 Å². The van der Waals surface area contributed by atoms with Crippen molar-refractivity contribution in [2.45, 2.75) is 6.61 Å². The van der Waals surface area contributed by atoms with Crippen molar-refractivity contribution in [1.82, 2.24) is 4.90 Å². The van der Waals surface area contributed by atoms with Gasteiger partial charge < -0.3 is 9.47 Å². The summed E-state index contributed by atoms with van der Waals surface area (Å²) in [7, 11) is 4.84. The van der Waals surface area contributed by atoms with Crippen molar-refractivity contribution in [1.29, 1.82) is 5.26 Å². The predicted octanol–water partition coefficient (Wildman–Crippen LogP) is 4.33. The second kappa shape index (κ2) is 9.03. The van der Waals surface area contributed by atoms with Gasteiger partial charge in [0.15, 0.2) is 16.7 Å². The molecule has 1 amide bonds. The summed E-state index contributed by atoms with van der Waals surface area (Å²) < 4.78 is 11.3. The first-order valence-electron chi connectivity index (χ1n) is 8.61. The Bertz CT molecular complexity index is 1060. The molecule has 1 saturated heterocycles. The molecular weight excluding hydrogens is 410 g/mol. The number of amides is 1. The summed E-state index contributed by atoms with van der Waals surface area (Å²) in [6.45, 7) is 0.176. The zero-order chi connectivity index (χ0) is 21.0. The molecule has 3 rings (SSSR count). The van der Waals surface area contributed by atoms with E-state index in [4.69, 9.17) is 21.1 Å². The standard InChI is InChI=1S/C21H18ClN3O3S/c1-24-21-25(2)20(26)18(29-21)10-13-8-16(22)19(17(9-13)27-3)28-12-15-7-5-4-6-14(15)11-23/h4-10H,12H2,1-3H3/b18-10+,24-21?. The highest BCUT2D eigenvalue weighted by molar-refractivity contribution is 8.18. The van der Waals surface area contributed by atoms with Crippen molar-refractivity contribution in [2.75, 3.05) is 21.2 Å². The first kappa shape index (κ1) is 20.8. The Morgan fingerprint density at radius 1 is 1.34 bits per heavy atom. The lowest BCUT2D eigenvalue weighted by Gasteiger charge is -2.14. The number of hydrogen-bond acceptors (Lipinski definition) is 6. The molecule has 0 aromatic heterocycles. The summed E-state index contributed by atoms with van der Waals surface area (Å²) in [5, 5.41) is 10.2. The van der Waals surface area contributed by atoms with Gasteiger partial charge in [-0.1, -0.05) is 29.8 Å². The van der Waals surface area contributed by atoms with Gasteiger partial charge in [-0.2, -0.15) is 5.26 Å². The van der Waals surface area contributed by atoms with Crippen LogP contribution in [0.3, 0.4) is 0 Å². The third-order valence-electron chi connectivity index (χ3n) is 4.25. The highest BCUT2D eigenvalue weighted by Gasteiger charge is 2.29. The molecular formula is C21H18ClN3O3S. The van der Waals surface area contributed by atoms with E-state index in [1.54, 1.807) is 44.4 Å². The van der Waals surface area contributed by atoms with Gasteiger partial charge in [-0.25, -0.2) is 0 Å². The minimum Gasteiger partial charge on any atom is -0.493 e. The number of ether oxygens (including phenoxy) is 2. The number of halogens is 1. The van der Waals surface area contributed by atoms with E-state index in [1.807, 2.05) is 12.1 Å². The Balaban J connectivity index is 1.88. The molecule has 0 radical (unpaired) electrons. The van der Waals surface area contributed by atoms with Gasteiger partial charge in [-0.15, -0.1) is 0 Å². The van der Waals surface area contributed by atoms with Crippen molar-refractivity contribution < 1.29 is 14.3 Å². The number of benzene rings is 2. The molecule has 1 aliphatic rings. The van der Waals surface area contributed by atoms with E-state index in [0.29, 0.717) is 37.7 Å². The van der Waals surface area contributed by atoms with Crippen molar-refractivity contribution in [2.24, 2.45) is 4.99 Å². The van der Waals surface area contributed by atoms with Gasteiger partial charge in [-0.05, 0) is 41.6 Å². The maximum Gasteiger partial charge on any atom is 0.266 e. The fourth-order valence-electron chi connectivity index (χ4n) is 2.77. The maximum atomic E-state index is 12.3. The quantitative estimate of drug-likeness (QED) is 0.664. The summed E-state index contributed by atoms with van der Waals surface area (Å²) in [6.07, 6.45) is 1.74. The normalized spacial score (nSPS) is 16.4. The maximum absolute atomic E-state index is 12.3. The third-order valence-corrected chi connectivity index (χ3v) is 5.69. The summed E-state index contributed by atoms with van der Waals surface area (Å²) in [6, 6.07) is 12.8. The molecule has 0 atom stereocenters. The number of aliphatic imine (C=N–C) groups is 1. The first-order chi connectivity index (χ1) is 14.0. The van der Waals surface area contributed by atoms with Gasteiger partial charge in [0.25, 0.3) is 5.91 Å². The number of methoxy groups -OCH3 is 1. The van der Waals surface area contributed by atoms with Crippen LogP contribution in [0, 0.1) is 11.3 Å². The molecule has 0 saturated carbocycles. The Morgan fingerprint density at radius 2 is 2.10 bits per heavy atom. The molecule has 1 aliphatic heterocycles. The number of thioether (sulfide) groups is 1. The second-order valence-corrected chi connectivity index (χ2v) is 7.49. The van der Waals surface area contributed by atoms with Crippen LogP contribution in [0.5, 0.6) is 11.5 Å². The fraction of sp³-hybridized carbons (Fsp3) is 0.190. The van der Waals surface area contributed by atoms with Gasteiger partial charge >= 0.3 is 0 Å². The number of nitriles is 1. The van der Waals surface area contributed by atoms with E-state index >= 15 is 0 Å². The van der Waals surface area contributed by atoms with Gasteiger partial charge in [0.1, 0.15) is 6.61 Å². The Kier molecular flexibility index (Phi) is 6.47. The number of rotatable bonds is 5. The number of carbonyl (C=O) groups is 1. The van der Waals surface area contributed by atoms with Crippen LogP contribution < -0.4 is 9.47 Å². The SMILES string of the molecule is CN=C1S/C(=C/c2cc(Cl)c(OCc3ccccc3C#N)c(OC)c2)C(=O)N1C. The molecule has 0 aliphatic carbocycles. The summed E-state index contributed by atoms with van der Waals surface area (Å²) in [5.41, 5.74) is 2.00. The number of hydrogen-bond donors (Lipinski definition) is 0. The third kappa shape index (κ3) is 4.39. The molecule has 8 heteroatoms. The number of amidine groups is 1. The molecule has 148 valence electrons. The van der Waals surface area contributed by atoms with Crippen LogP contribution in [0.15, 0.2) is 46.3 Å². The topological polar surface area (TPSA) is 74.9 Å². The monoisotopic (exact) mass is 427 g/mol. The summed E-state index contributed by atoms with van der Waals surface area (Å²) in [5.74, 6) is 0.688. The molecule has 2 aromatic rings. The van der Waals surface area contributed by atoms with Gasteiger partial charge in [-0.3, -0.25) is 14.7 Å². The average molecular weight is 428 g/mol. The number of nitrogens with zero attached hydrogens (tertiary/aromatic N) is 3. The highest BCUT2D eigenvalue weighted by atomic mass is 35.5. The van der Waals surface area contributed by atoms with Crippen LogP contribution >= 0.6 is 23.4 Å². The summed E-state index contributed by atoms with van der Waals surface area (Å²) >= 11 is 7.73. The molecule has 1 heterocycles. The zero-order valence-electron chi connectivity index (χ0n) is 16.1. The lowest BCUT2D eigenvalue weighted by atomic mass is 10.1. The van der Waals surface area contributed by atoms with E-state index in [2.05, 4.69) is 11.1 Å². The number of carbonyl (C=O) groups excluding carboxylic acids is 1. The van der Waals surface area contributed by atoms with Crippen LogP contribution in [0.1, 0.15) is 16.7 Å². The minimum absolute atomic E-state index is 0.126. The highest BCUT2D eigenvalue weighted by Crippen LogP contribution is 2.39. The lowest BCUT2D eigenvalue weighted by Crippen LogP contribution is -2.23.